The third-order valence-electron chi connectivity index (χ3n) is 4.65. The quantitative estimate of drug-likeness (QED) is 0.438. The molecule has 2 N–H and O–H groups in total. The first-order chi connectivity index (χ1) is 16.1. The van der Waals surface area contributed by atoms with Crippen molar-refractivity contribution in [3.63, 3.8) is 0 Å². The van der Waals surface area contributed by atoms with E-state index >= 15 is 0 Å². The maximum atomic E-state index is 12.1. The molecule has 0 aliphatic carbocycles. The second-order valence-corrected chi connectivity index (χ2v) is 9.58. The van der Waals surface area contributed by atoms with E-state index in [-0.39, 0.29) is 6.10 Å². The minimum Gasteiger partial charge on any atom is -0.473 e. The van der Waals surface area contributed by atoms with Crippen molar-refractivity contribution in [3.8, 4) is 5.88 Å². The summed E-state index contributed by atoms with van der Waals surface area (Å²) >= 11 is 1.25. The summed E-state index contributed by atoms with van der Waals surface area (Å²) in [7, 11) is 1.35. The van der Waals surface area contributed by atoms with Crippen LogP contribution in [0.5, 0.6) is 5.88 Å². The molecule has 11 heteroatoms. The number of carbonyl (C=O) groups is 2. The molecular formula is C23H29N5O5S. The number of carbonyl (C=O) groups excluding carboxylic acids is 2. The molecule has 10 nitrogen and oxygen atoms in total. The molecule has 0 spiro atoms. The number of alkyl carbamates (subject to hydrolysis) is 1. The van der Waals surface area contributed by atoms with Crippen molar-refractivity contribution in [1.82, 2.24) is 20.3 Å². The van der Waals surface area contributed by atoms with Crippen molar-refractivity contribution in [1.29, 1.82) is 0 Å². The zero-order valence-corrected chi connectivity index (χ0v) is 20.9. The lowest BCUT2D eigenvalue weighted by atomic mass is 10.2. The van der Waals surface area contributed by atoms with Crippen molar-refractivity contribution >= 4 is 45.1 Å². The fourth-order valence-electron chi connectivity index (χ4n) is 3.10. The van der Waals surface area contributed by atoms with Gasteiger partial charge in [-0.25, -0.2) is 24.5 Å². The molecule has 0 bridgehead atoms. The normalized spacial score (nSPS) is 12.2. The van der Waals surface area contributed by atoms with Crippen molar-refractivity contribution in [2.24, 2.45) is 0 Å². The first kappa shape index (κ1) is 25.2. The molecule has 3 heterocycles. The molecule has 34 heavy (non-hydrogen) atoms. The molecule has 0 aromatic carbocycles. The average molecular weight is 488 g/mol. The summed E-state index contributed by atoms with van der Waals surface area (Å²) in [6, 6.07) is 3.60. The molecule has 0 radical (unpaired) electrons. The van der Waals surface area contributed by atoms with Crippen LogP contribution in [0.15, 0.2) is 24.7 Å². The van der Waals surface area contributed by atoms with Crippen LogP contribution < -0.4 is 15.4 Å². The molecule has 3 aromatic heterocycles. The summed E-state index contributed by atoms with van der Waals surface area (Å²) in [5.41, 5.74) is 0.800. The van der Waals surface area contributed by atoms with Crippen molar-refractivity contribution in [2.75, 3.05) is 19.0 Å². The Morgan fingerprint density at radius 1 is 1.21 bits per heavy atom. The Hall–Kier alpha value is -3.47. The number of pyridine rings is 1. The average Bonchev–Trinajstić information content (AvgIpc) is 3.11. The van der Waals surface area contributed by atoms with Gasteiger partial charge < -0.3 is 24.8 Å². The van der Waals surface area contributed by atoms with Crippen LogP contribution in [0.4, 0.5) is 16.3 Å². The number of rotatable bonds is 8. The predicted molar refractivity (Wildman–Crippen MR) is 130 cm³/mol. The third-order valence-corrected chi connectivity index (χ3v) is 5.83. The van der Waals surface area contributed by atoms with Crippen molar-refractivity contribution < 1.29 is 23.8 Å². The smallest absolute Gasteiger partial charge is 0.407 e. The fraction of sp³-hybridized carbons (Fsp3) is 0.435. The van der Waals surface area contributed by atoms with Crippen LogP contribution in [0.25, 0.3) is 10.2 Å². The molecule has 1 atom stereocenters. The van der Waals surface area contributed by atoms with E-state index in [0.717, 1.165) is 10.9 Å². The number of methoxy groups -OCH3 is 1. The van der Waals surface area contributed by atoms with Crippen molar-refractivity contribution in [2.45, 2.75) is 52.7 Å². The van der Waals surface area contributed by atoms with Gasteiger partial charge in [-0.3, -0.25) is 0 Å². The lowest BCUT2D eigenvalue weighted by molar-refractivity contribution is 0.0520. The first-order valence-electron chi connectivity index (χ1n) is 10.8. The minimum absolute atomic E-state index is 0.232. The molecule has 0 aliphatic heterocycles. The molecule has 182 valence electrons. The number of nitrogens with one attached hydrogen (secondary N) is 2. The van der Waals surface area contributed by atoms with Gasteiger partial charge in [0.1, 0.15) is 33.1 Å². The number of ether oxygens (including phenoxy) is 3. The van der Waals surface area contributed by atoms with Gasteiger partial charge in [-0.2, -0.15) is 0 Å². The number of anilines is 2. The van der Waals surface area contributed by atoms with Gasteiger partial charge in [-0.15, -0.1) is 11.3 Å². The van der Waals surface area contributed by atoms with Gasteiger partial charge in [0.05, 0.1) is 18.6 Å². The van der Waals surface area contributed by atoms with Gasteiger partial charge in [0.25, 0.3) is 0 Å². The lowest BCUT2D eigenvalue weighted by Gasteiger charge is -2.20. The van der Waals surface area contributed by atoms with Crippen LogP contribution in [0.2, 0.25) is 0 Å². The van der Waals surface area contributed by atoms with E-state index < -0.39 is 17.7 Å². The Morgan fingerprint density at radius 3 is 2.68 bits per heavy atom. The Morgan fingerprint density at radius 2 is 1.97 bits per heavy atom. The van der Waals surface area contributed by atoms with Gasteiger partial charge in [0.15, 0.2) is 0 Å². The highest BCUT2D eigenvalue weighted by Crippen LogP contribution is 2.36. The number of esters is 1. The highest BCUT2D eigenvalue weighted by molar-refractivity contribution is 7.20. The molecule has 0 aliphatic rings. The zero-order chi connectivity index (χ0) is 24.9. The number of amides is 1. The fourth-order valence-corrected chi connectivity index (χ4v) is 4.17. The highest BCUT2D eigenvalue weighted by Gasteiger charge is 2.21. The van der Waals surface area contributed by atoms with E-state index in [2.05, 4.69) is 25.6 Å². The summed E-state index contributed by atoms with van der Waals surface area (Å²) in [6.07, 6.45) is 2.92. The van der Waals surface area contributed by atoms with E-state index in [0.29, 0.717) is 40.1 Å². The van der Waals surface area contributed by atoms with E-state index in [9.17, 15) is 9.59 Å². The maximum absolute atomic E-state index is 12.1. The Bertz CT molecular complexity index is 1170. The van der Waals surface area contributed by atoms with E-state index in [1.165, 1.54) is 24.8 Å². The van der Waals surface area contributed by atoms with Gasteiger partial charge in [0.2, 0.25) is 5.88 Å². The summed E-state index contributed by atoms with van der Waals surface area (Å²) in [5, 5.41) is 6.71. The topological polar surface area (TPSA) is 125 Å². The number of hydrogen-bond acceptors (Lipinski definition) is 10. The maximum Gasteiger partial charge on any atom is 0.407 e. The molecule has 1 unspecified atom stereocenters. The van der Waals surface area contributed by atoms with Gasteiger partial charge in [-0.05, 0) is 52.3 Å². The Balaban J connectivity index is 1.71. The van der Waals surface area contributed by atoms with E-state index in [1.807, 2.05) is 40.7 Å². The standard InChI is InChI=1S/C23H29N5O5S/c1-13(9-11-25-22(30)33-23(3,4)5)32-19-15(8-7-10-24-19)28-18-16-14(2)17(21(29)31-6)34-20(16)27-12-26-18/h7-8,10,12-13H,9,11H2,1-6H3,(H,25,30)(H,26,27,28). The van der Waals surface area contributed by atoms with Crippen LogP contribution in [0.1, 0.15) is 49.4 Å². The predicted octanol–water partition coefficient (Wildman–Crippen LogP) is 4.61. The zero-order valence-electron chi connectivity index (χ0n) is 20.1. The second-order valence-electron chi connectivity index (χ2n) is 8.58. The summed E-state index contributed by atoms with van der Waals surface area (Å²) in [5.74, 6) is 0.511. The highest BCUT2D eigenvalue weighted by atomic mass is 32.1. The lowest BCUT2D eigenvalue weighted by Crippen LogP contribution is -2.34. The minimum atomic E-state index is -0.550. The monoisotopic (exact) mass is 487 g/mol. The number of aryl methyl sites for hydroxylation is 1. The molecule has 0 fully saturated rings. The van der Waals surface area contributed by atoms with Crippen LogP contribution in [-0.2, 0) is 9.47 Å². The molecule has 1 amide bonds. The third kappa shape index (κ3) is 6.31. The van der Waals surface area contributed by atoms with Gasteiger partial charge >= 0.3 is 12.1 Å². The number of hydrogen-bond donors (Lipinski definition) is 2. The van der Waals surface area contributed by atoms with Crippen molar-refractivity contribution in [3.05, 3.63) is 35.1 Å². The molecule has 3 aromatic rings. The molecular weight excluding hydrogens is 458 g/mol. The first-order valence-corrected chi connectivity index (χ1v) is 11.6. The molecule has 0 saturated carbocycles. The largest absolute Gasteiger partial charge is 0.473 e. The number of aromatic nitrogens is 3. The van der Waals surface area contributed by atoms with E-state index in [4.69, 9.17) is 14.2 Å². The summed E-state index contributed by atoms with van der Waals surface area (Å²) < 4.78 is 16.1. The summed E-state index contributed by atoms with van der Waals surface area (Å²) in [4.78, 5) is 38.1. The molecule has 0 saturated heterocycles. The van der Waals surface area contributed by atoms with Gasteiger partial charge in [-0.1, -0.05) is 0 Å². The van der Waals surface area contributed by atoms with Crippen LogP contribution in [0, 0.1) is 6.92 Å². The SMILES string of the molecule is COC(=O)c1sc2ncnc(Nc3cccnc3OC(C)CCNC(=O)OC(C)(C)C)c2c1C. The Kier molecular flexibility index (Phi) is 7.87. The van der Waals surface area contributed by atoms with Crippen LogP contribution >= 0.6 is 11.3 Å². The van der Waals surface area contributed by atoms with Crippen LogP contribution in [0.3, 0.4) is 0 Å². The number of thiophene rings is 1. The number of nitrogens with zero attached hydrogens (tertiary/aromatic N) is 3. The van der Waals surface area contributed by atoms with Gasteiger partial charge in [0, 0.05) is 19.2 Å². The molecule has 3 rings (SSSR count). The van der Waals surface area contributed by atoms with E-state index in [1.54, 1.807) is 12.3 Å². The van der Waals surface area contributed by atoms with Crippen LogP contribution in [-0.4, -0.2) is 52.4 Å². The Labute approximate surface area is 202 Å². The number of fused-ring (bicyclic) bond motifs is 1. The summed E-state index contributed by atoms with van der Waals surface area (Å²) in [6.45, 7) is 9.56. The second kappa shape index (κ2) is 10.6.